The number of amides is 2. The summed E-state index contributed by atoms with van der Waals surface area (Å²) in [5.41, 5.74) is 4.56. The van der Waals surface area contributed by atoms with E-state index >= 15 is 0 Å². The molecule has 0 aliphatic heterocycles. The number of benzene rings is 1. The summed E-state index contributed by atoms with van der Waals surface area (Å²) >= 11 is 0. The fourth-order valence-electron chi connectivity index (χ4n) is 1.55. The van der Waals surface area contributed by atoms with E-state index in [0.717, 1.165) is 12.1 Å². The molecule has 0 aromatic heterocycles. The molecule has 0 heterocycles. The van der Waals surface area contributed by atoms with Gasteiger partial charge in [-0.2, -0.15) is 0 Å². The molecule has 20 heavy (non-hydrogen) atoms. The van der Waals surface area contributed by atoms with Crippen molar-refractivity contribution >= 4 is 17.6 Å². The molecular formula is C13H14F2N2O3. The SMILES string of the molecule is CC(=O)CC[C@@H](NC(=O)c1cccc(F)c1F)C(N)=O. The number of primary amides is 1. The highest BCUT2D eigenvalue weighted by Gasteiger charge is 2.22. The van der Waals surface area contributed by atoms with Crippen molar-refractivity contribution in [2.24, 2.45) is 5.73 Å². The van der Waals surface area contributed by atoms with E-state index in [0.29, 0.717) is 0 Å². The van der Waals surface area contributed by atoms with Crippen LogP contribution in [0.2, 0.25) is 0 Å². The third-order valence-electron chi connectivity index (χ3n) is 2.63. The van der Waals surface area contributed by atoms with Crippen molar-refractivity contribution in [1.82, 2.24) is 5.32 Å². The molecular weight excluding hydrogens is 270 g/mol. The molecule has 0 aliphatic carbocycles. The van der Waals surface area contributed by atoms with Crippen LogP contribution in [-0.4, -0.2) is 23.6 Å². The highest BCUT2D eigenvalue weighted by Crippen LogP contribution is 2.11. The lowest BCUT2D eigenvalue weighted by Gasteiger charge is -2.15. The minimum Gasteiger partial charge on any atom is -0.368 e. The first kappa shape index (κ1) is 15.7. The van der Waals surface area contributed by atoms with Crippen molar-refractivity contribution in [3.63, 3.8) is 0 Å². The van der Waals surface area contributed by atoms with Crippen LogP contribution in [0.1, 0.15) is 30.1 Å². The highest BCUT2D eigenvalue weighted by atomic mass is 19.2. The Morgan fingerprint density at radius 2 is 1.95 bits per heavy atom. The number of rotatable bonds is 6. The van der Waals surface area contributed by atoms with E-state index < -0.39 is 35.1 Å². The van der Waals surface area contributed by atoms with E-state index in [-0.39, 0.29) is 18.6 Å². The van der Waals surface area contributed by atoms with E-state index in [1.54, 1.807) is 0 Å². The lowest BCUT2D eigenvalue weighted by Crippen LogP contribution is -2.44. The van der Waals surface area contributed by atoms with Gasteiger partial charge in [0.15, 0.2) is 11.6 Å². The largest absolute Gasteiger partial charge is 0.368 e. The molecule has 1 aromatic carbocycles. The number of ketones is 1. The smallest absolute Gasteiger partial charge is 0.255 e. The van der Waals surface area contributed by atoms with Gasteiger partial charge in [0.05, 0.1) is 5.56 Å². The first-order valence-electron chi connectivity index (χ1n) is 5.86. The molecule has 0 spiro atoms. The van der Waals surface area contributed by atoms with E-state index in [4.69, 9.17) is 5.73 Å². The second kappa shape index (κ2) is 6.74. The Morgan fingerprint density at radius 3 is 2.50 bits per heavy atom. The molecule has 0 saturated heterocycles. The molecule has 3 N–H and O–H groups in total. The Balaban J connectivity index is 2.83. The summed E-state index contributed by atoms with van der Waals surface area (Å²) < 4.78 is 26.4. The van der Waals surface area contributed by atoms with Gasteiger partial charge in [-0.1, -0.05) is 6.07 Å². The summed E-state index contributed by atoms with van der Waals surface area (Å²) in [4.78, 5) is 33.8. The zero-order chi connectivity index (χ0) is 15.3. The fourth-order valence-corrected chi connectivity index (χ4v) is 1.55. The number of carbonyl (C=O) groups excluding carboxylic acids is 3. The number of nitrogens with one attached hydrogen (secondary N) is 1. The Morgan fingerprint density at radius 1 is 1.30 bits per heavy atom. The third kappa shape index (κ3) is 4.11. The van der Waals surface area contributed by atoms with Gasteiger partial charge in [0, 0.05) is 6.42 Å². The van der Waals surface area contributed by atoms with E-state index in [1.807, 2.05) is 0 Å². The van der Waals surface area contributed by atoms with Gasteiger partial charge in [-0.3, -0.25) is 9.59 Å². The van der Waals surface area contributed by atoms with E-state index in [9.17, 15) is 23.2 Å². The Kier molecular flexibility index (Phi) is 5.31. The minimum atomic E-state index is -1.31. The fraction of sp³-hybridized carbons (Fsp3) is 0.308. The van der Waals surface area contributed by atoms with Crippen molar-refractivity contribution in [3.8, 4) is 0 Å². The normalized spacial score (nSPS) is 11.8. The summed E-state index contributed by atoms with van der Waals surface area (Å²) in [6.45, 7) is 1.33. The number of nitrogens with two attached hydrogens (primary N) is 1. The molecule has 0 radical (unpaired) electrons. The van der Waals surface area contributed by atoms with Crippen LogP contribution in [0.15, 0.2) is 18.2 Å². The summed E-state index contributed by atoms with van der Waals surface area (Å²) in [6.07, 6.45) is 0.0485. The summed E-state index contributed by atoms with van der Waals surface area (Å²) in [5, 5.41) is 2.18. The van der Waals surface area contributed by atoms with Gasteiger partial charge < -0.3 is 15.8 Å². The number of halogens is 2. The molecule has 0 saturated carbocycles. The second-order valence-corrected chi connectivity index (χ2v) is 4.27. The van der Waals surface area contributed by atoms with Gasteiger partial charge in [-0.05, 0) is 25.5 Å². The highest BCUT2D eigenvalue weighted by molar-refractivity contribution is 5.97. The Hall–Kier alpha value is -2.31. The van der Waals surface area contributed by atoms with Crippen molar-refractivity contribution < 1.29 is 23.2 Å². The summed E-state index contributed by atoms with van der Waals surface area (Å²) in [7, 11) is 0. The second-order valence-electron chi connectivity index (χ2n) is 4.27. The molecule has 1 aromatic rings. The maximum atomic E-state index is 13.4. The maximum Gasteiger partial charge on any atom is 0.255 e. The van der Waals surface area contributed by atoms with Crippen LogP contribution >= 0.6 is 0 Å². The lowest BCUT2D eigenvalue weighted by atomic mass is 10.1. The Labute approximate surface area is 114 Å². The summed E-state index contributed by atoms with van der Waals surface area (Å²) in [5.74, 6) is -4.47. The molecule has 2 amide bonds. The quantitative estimate of drug-likeness (QED) is 0.814. The topological polar surface area (TPSA) is 89.3 Å². The van der Waals surface area contributed by atoms with Gasteiger partial charge in [-0.25, -0.2) is 8.78 Å². The molecule has 0 fully saturated rings. The monoisotopic (exact) mass is 284 g/mol. The van der Waals surface area contributed by atoms with E-state index in [1.165, 1.54) is 13.0 Å². The van der Waals surface area contributed by atoms with Crippen molar-refractivity contribution in [3.05, 3.63) is 35.4 Å². The van der Waals surface area contributed by atoms with Crippen LogP contribution in [0.3, 0.4) is 0 Å². The van der Waals surface area contributed by atoms with Crippen LogP contribution in [0.4, 0.5) is 8.78 Å². The molecule has 0 unspecified atom stereocenters. The minimum absolute atomic E-state index is 0.00728. The maximum absolute atomic E-state index is 13.4. The average Bonchev–Trinajstić information content (AvgIpc) is 2.36. The predicted octanol–water partition coefficient (Wildman–Crippen LogP) is 0.918. The molecule has 0 aliphatic rings. The van der Waals surface area contributed by atoms with Gasteiger partial charge >= 0.3 is 0 Å². The van der Waals surface area contributed by atoms with Crippen LogP contribution in [0.25, 0.3) is 0 Å². The van der Waals surface area contributed by atoms with Crippen LogP contribution in [0, 0.1) is 11.6 Å². The van der Waals surface area contributed by atoms with Gasteiger partial charge in [0.2, 0.25) is 5.91 Å². The van der Waals surface area contributed by atoms with Gasteiger partial charge in [0.25, 0.3) is 5.91 Å². The Bertz CT molecular complexity index is 546. The van der Waals surface area contributed by atoms with Gasteiger partial charge in [0.1, 0.15) is 11.8 Å². The zero-order valence-electron chi connectivity index (χ0n) is 10.8. The van der Waals surface area contributed by atoms with Crippen molar-refractivity contribution in [2.45, 2.75) is 25.8 Å². The zero-order valence-corrected chi connectivity index (χ0v) is 10.8. The molecule has 108 valence electrons. The number of hydrogen-bond donors (Lipinski definition) is 2. The van der Waals surface area contributed by atoms with Crippen molar-refractivity contribution in [1.29, 1.82) is 0 Å². The van der Waals surface area contributed by atoms with Crippen molar-refractivity contribution in [2.75, 3.05) is 0 Å². The molecule has 5 nitrogen and oxygen atoms in total. The summed E-state index contributed by atoms with van der Waals surface area (Å²) in [6, 6.07) is 2.00. The average molecular weight is 284 g/mol. The predicted molar refractivity (Wildman–Crippen MR) is 66.7 cm³/mol. The molecule has 0 bridgehead atoms. The number of hydrogen-bond acceptors (Lipinski definition) is 3. The van der Waals surface area contributed by atoms with Crippen LogP contribution < -0.4 is 11.1 Å². The van der Waals surface area contributed by atoms with Crippen LogP contribution in [0.5, 0.6) is 0 Å². The van der Waals surface area contributed by atoms with Gasteiger partial charge in [-0.15, -0.1) is 0 Å². The first-order valence-corrected chi connectivity index (χ1v) is 5.86. The molecule has 1 rings (SSSR count). The standard InChI is InChI=1S/C13H14F2N2O3/c1-7(18)5-6-10(12(16)19)17-13(20)8-3-2-4-9(14)11(8)15/h2-4,10H,5-6H2,1H3,(H2,16,19)(H,17,20)/t10-/m1/s1. The molecule has 7 heteroatoms. The number of carbonyl (C=O) groups is 3. The van der Waals surface area contributed by atoms with E-state index in [2.05, 4.69) is 5.32 Å². The lowest BCUT2D eigenvalue weighted by molar-refractivity contribution is -0.120. The number of Topliss-reactive ketones (excluding diaryl/α,β-unsaturated/α-hetero) is 1. The van der Waals surface area contributed by atoms with Crippen LogP contribution in [-0.2, 0) is 9.59 Å². The molecule has 1 atom stereocenters. The first-order chi connectivity index (χ1) is 9.32. The third-order valence-corrected chi connectivity index (χ3v) is 2.63.